The molecular formula is C15H14Cl3N4O+. The highest BCUT2D eigenvalue weighted by molar-refractivity contribution is 6.45. The lowest BCUT2D eigenvalue weighted by Crippen LogP contribution is -2.28. The Balaban J connectivity index is 2.11. The van der Waals surface area contributed by atoms with E-state index in [2.05, 4.69) is 22.4 Å². The zero-order valence-corrected chi connectivity index (χ0v) is 14.4. The summed E-state index contributed by atoms with van der Waals surface area (Å²) in [5.74, 6) is -0.582. The molecule has 1 aromatic carbocycles. The van der Waals surface area contributed by atoms with Gasteiger partial charge in [-0.15, -0.1) is 0 Å². The Labute approximate surface area is 148 Å². The number of pyridine rings is 1. The summed E-state index contributed by atoms with van der Waals surface area (Å²) in [5, 5.41) is 3.95. The van der Waals surface area contributed by atoms with Crippen molar-refractivity contribution in [3.8, 4) is 0 Å². The third-order valence-electron chi connectivity index (χ3n) is 3.11. The summed E-state index contributed by atoms with van der Waals surface area (Å²) in [4.78, 5) is 14.7. The van der Waals surface area contributed by atoms with Crippen LogP contribution in [0.3, 0.4) is 0 Å². The van der Waals surface area contributed by atoms with E-state index >= 15 is 0 Å². The molecule has 0 atom stereocenters. The van der Waals surface area contributed by atoms with Crippen LogP contribution >= 0.6 is 34.8 Å². The highest BCUT2D eigenvalue weighted by Gasteiger charge is 2.25. The molecule has 0 aliphatic rings. The van der Waals surface area contributed by atoms with E-state index in [-0.39, 0.29) is 26.6 Å². The van der Waals surface area contributed by atoms with E-state index in [0.717, 1.165) is 12.0 Å². The Morgan fingerprint density at radius 1 is 1.26 bits per heavy atom. The van der Waals surface area contributed by atoms with Gasteiger partial charge < -0.3 is 5.73 Å². The van der Waals surface area contributed by atoms with Gasteiger partial charge in [0.05, 0.1) is 11.9 Å². The molecule has 0 fully saturated rings. The predicted octanol–water partition coefficient (Wildman–Crippen LogP) is 3.37. The van der Waals surface area contributed by atoms with Crippen LogP contribution < -0.4 is 16.1 Å². The first-order valence-corrected chi connectivity index (χ1v) is 7.85. The van der Waals surface area contributed by atoms with Crippen LogP contribution in [0.25, 0.3) is 0 Å². The largest absolute Gasteiger partial charge is 0.396 e. The van der Waals surface area contributed by atoms with E-state index in [0.29, 0.717) is 0 Å². The fourth-order valence-electron chi connectivity index (χ4n) is 1.79. The van der Waals surface area contributed by atoms with E-state index in [1.165, 1.54) is 11.8 Å². The Bertz CT molecular complexity index is 760. The van der Waals surface area contributed by atoms with E-state index in [1.807, 2.05) is 24.3 Å². The predicted molar refractivity (Wildman–Crippen MR) is 93.3 cm³/mol. The molecular weight excluding hydrogens is 359 g/mol. The number of nitrogen functional groups attached to an aromatic ring is 1. The number of H-pyrrole nitrogens is 1. The number of halogens is 3. The van der Waals surface area contributed by atoms with Gasteiger partial charge in [0.25, 0.3) is 10.8 Å². The molecule has 120 valence electrons. The second-order valence-corrected chi connectivity index (χ2v) is 5.78. The van der Waals surface area contributed by atoms with Crippen molar-refractivity contribution in [3.63, 3.8) is 0 Å². The molecule has 4 N–H and O–H groups in total. The van der Waals surface area contributed by atoms with E-state index in [4.69, 9.17) is 40.5 Å². The minimum Gasteiger partial charge on any atom is -0.396 e. The summed E-state index contributed by atoms with van der Waals surface area (Å²) in [6, 6.07) is 7.80. The van der Waals surface area contributed by atoms with E-state index in [9.17, 15) is 4.79 Å². The number of nitrogens with one attached hydrogen (secondary N) is 2. The lowest BCUT2D eigenvalue weighted by molar-refractivity contribution is -0.379. The summed E-state index contributed by atoms with van der Waals surface area (Å²) in [7, 11) is 0. The zero-order chi connectivity index (χ0) is 17.0. The van der Waals surface area contributed by atoms with Gasteiger partial charge in [0.15, 0.2) is 0 Å². The number of nitrogens with zero attached hydrogens (tertiary/aromatic N) is 1. The molecule has 0 radical (unpaired) electrons. The highest BCUT2D eigenvalue weighted by atomic mass is 35.5. The van der Waals surface area contributed by atoms with Gasteiger partial charge in [-0.05, 0) is 29.1 Å². The maximum absolute atomic E-state index is 12.1. The van der Waals surface area contributed by atoms with Crippen molar-refractivity contribution in [1.82, 2.24) is 5.43 Å². The van der Waals surface area contributed by atoms with Gasteiger partial charge in [-0.25, -0.2) is 5.43 Å². The average molecular weight is 373 g/mol. The van der Waals surface area contributed by atoms with Gasteiger partial charge >= 0.3 is 5.91 Å². The number of amides is 1. The summed E-state index contributed by atoms with van der Waals surface area (Å²) in [6.45, 7) is 2.08. The van der Waals surface area contributed by atoms with Crippen LogP contribution in [0, 0.1) is 0 Å². The SMILES string of the molecule is CCc1ccc(/C=N/NC(=O)c2[nH+]c(Cl)c(Cl)c(N)c2Cl)cc1. The standard InChI is InChI=1S/C15H13Cl3N4O/c1-2-8-3-5-9(6-4-8)7-20-22-15(23)13-10(16)12(19)11(17)14(18)21-13/h3-7H,2H2,1H3,(H2,19,21)(H,22,23)/p+1/b20-7+. The number of aryl methyl sites for hydroxylation is 1. The summed E-state index contributed by atoms with van der Waals surface area (Å²) in [6.07, 6.45) is 2.48. The van der Waals surface area contributed by atoms with Gasteiger partial charge in [0.1, 0.15) is 10.0 Å². The fourth-order valence-corrected chi connectivity index (χ4v) is 2.40. The third kappa shape index (κ3) is 4.13. The van der Waals surface area contributed by atoms with Crippen LogP contribution in [0.1, 0.15) is 28.5 Å². The maximum atomic E-state index is 12.1. The number of carbonyl (C=O) groups is 1. The van der Waals surface area contributed by atoms with Gasteiger partial charge in [-0.3, -0.25) is 4.79 Å². The van der Waals surface area contributed by atoms with Gasteiger partial charge in [-0.2, -0.15) is 10.1 Å². The number of hydrogen-bond donors (Lipinski definition) is 2. The van der Waals surface area contributed by atoms with Crippen molar-refractivity contribution in [2.24, 2.45) is 5.10 Å². The molecule has 2 rings (SSSR count). The molecule has 2 aromatic rings. The Hall–Kier alpha value is -1.82. The fraction of sp³-hybridized carbons (Fsp3) is 0.133. The van der Waals surface area contributed by atoms with Gasteiger partial charge in [0, 0.05) is 0 Å². The number of carbonyl (C=O) groups excluding carboxylic acids is 1. The quantitative estimate of drug-likeness (QED) is 0.490. The molecule has 0 bridgehead atoms. The number of benzene rings is 1. The van der Waals surface area contributed by atoms with Crippen molar-refractivity contribution in [3.05, 3.63) is 56.3 Å². The van der Waals surface area contributed by atoms with Crippen molar-refractivity contribution in [2.45, 2.75) is 13.3 Å². The molecule has 8 heteroatoms. The molecule has 0 aliphatic heterocycles. The van der Waals surface area contributed by atoms with Crippen molar-refractivity contribution < 1.29 is 9.78 Å². The van der Waals surface area contributed by atoms with Crippen LogP contribution in [0.15, 0.2) is 29.4 Å². The van der Waals surface area contributed by atoms with Crippen LogP contribution in [0.4, 0.5) is 5.69 Å². The van der Waals surface area contributed by atoms with Gasteiger partial charge in [-0.1, -0.05) is 54.4 Å². The third-order valence-corrected chi connectivity index (χ3v) is 4.28. The average Bonchev–Trinajstić information content (AvgIpc) is 2.56. The first kappa shape index (κ1) is 17.5. The summed E-state index contributed by atoms with van der Waals surface area (Å²) in [5.41, 5.74) is 10.1. The highest BCUT2D eigenvalue weighted by Crippen LogP contribution is 2.31. The van der Waals surface area contributed by atoms with E-state index < -0.39 is 5.91 Å². The molecule has 1 heterocycles. The van der Waals surface area contributed by atoms with Crippen LogP contribution in [0.2, 0.25) is 15.2 Å². The Kier molecular flexibility index (Phi) is 5.82. The smallest absolute Gasteiger partial charge is 0.337 e. The summed E-state index contributed by atoms with van der Waals surface area (Å²) >= 11 is 17.7. The lowest BCUT2D eigenvalue weighted by Gasteiger charge is -2.02. The van der Waals surface area contributed by atoms with Crippen molar-refractivity contribution >= 4 is 52.6 Å². The minimum absolute atomic E-state index is 0.0144. The van der Waals surface area contributed by atoms with Crippen LogP contribution in [0.5, 0.6) is 0 Å². The van der Waals surface area contributed by atoms with Crippen LogP contribution in [-0.2, 0) is 6.42 Å². The molecule has 0 spiro atoms. The normalized spacial score (nSPS) is 11.0. The number of rotatable bonds is 4. The number of aromatic nitrogens is 1. The minimum atomic E-state index is -0.582. The molecule has 1 aromatic heterocycles. The summed E-state index contributed by atoms with van der Waals surface area (Å²) < 4.78 is 0. The first-order chi connectivity index (χ1) is 10.9. The zero-order valence-electron chi connectivity index (χ0n) is 12.2. The second-order valence-electron chi connectivity index (χ2n) is 4.65. The molecule has 23 heavy (non-hydrogen) atoms. The number of nitrogens with two attached hydrogens (primary N) is 1. The molecule has 1 amide bonds. The number of anilines is 1. The van der Waals surface area contributed by atoms with Crippen molar-refractivity contribution in [1.29, 1.82) is 0 Å². The first-order valence-electron chi connectivity index (χ1n) is 6.71. The maximum Gasteiger partial charge on any atom is 0.337 e. The number of hydrogen-bond acceptors (Lipinski definition) is 3. The molecule has 5 nitrogen and oxygen atoms in total. The molecule has 0 saturated heterocycles. The monoisotopic (exact) mass is 371 g/mol. The topological polar surface area (TPSA) is 81.6 Å². The van der Waals surface area contributed by atoms with E-state index in [1.54, 1.807) is 0 Å². The van der Waals surface area contributed by atoms with Gasteiger partial charge in [0.2, 0.25) is 0 Å². The number of hydrazone groups is 1. The molecule has 0 unspecified atom stereocenters. The Morgan fingerprint density at radius 3 is 2.52 bits per heavy atom. The molecule has 0 saturated carbocycles. The lowest BCUT2D eigenvalue weighted by atomic mass is 10.1. The number of aromatic amines is 1. The Morgan fingerprint density at radius 2 is 1.91 bits per heavy atom. The van der Waals surface area contributed by atoms with Crippen molar-refractivity contribution in [2.75, 3.05) is 5.73 Å². The molecule has 0 aliphatic carbocycles. The van der Waals surface area contributed by atoms with Crippen LogP contribution in [-0.4, -0.2) is 12.1 Å². The second kappa shape index (κ2) is 7.64.